The monoisotopic (exact) mass is 1020 g/mol. The molecule has 8 rings (SSSR count). The number of allylic oxidation sites excluding steroid dienone is 2. The Morgan fingerprint density at radius 1 is 0.825 bits per heavy atom. The van der Waals surface area contributed by atoms with Crippen molar-refractivity contribution < 1.29 is 34.4 Å². The first-order valence-corrected chi connectivity index (χ1v) is 23.2. The molecule has 2 heterocycles. The second kappa shape index (κ2) is 19.2. The van der Waals surface area contributed by atoms with Crippen LogP contribution >= 0.6 is 0 Å². The van der Waals surface area contributed by atoms with Crippen molar-refractivity contribution in [2.24, 2.45) is 10.8 Å². The third-order valence-corrected chi connectivity index (χ3v) is 14.8. The summed E-state index contributed by atoms with van der Waals surface area (Å²) in [5.74, 6) is 1.96. The minimum atomic E-state index is -0.337. The number of ketones is 1. The van der Waals surface area contributed by atoms with E-state index in [0.717, 1.165) is 75.6 Å². The second-order valence-electron chi connectivity index (χ2n) is 19.0. The molecule has 5 aromatic carbocycles. The predicted octanol–water partition coefficient (Wildman–Crippen LogP) is 16.5. The van der Waals surface area contributed by atoms with E-state index in [1.807, 2.05) is 47.6 Å². The molecule has 1 N–H and O–H groups in total. The molecule has 0 atom stereocenters. The molecule has 1 aliphatic carbocycles. The summed E-state index contributed by atoms with van der Waals surface area (Å²) < 4.78 is 6.75. The number of aliphatic hydroxyl groups is 1. The number of aliphatic hydroxyl groups excluding tert-OH is 1. The Kier molecular flexibility index (Phi) is 14.6. The van der Waals surface area contributed by atoms with Crippen LogP contribution in [0.1, 0.15) is 152 Å². The van der Waals surface area contributed by atoms with Crippen molar-refractivity contribution in [1.82, 2.24) is 9.97 Å². The van der Waals surface area contributed by atoms with Crippen molar-refractivity contribution in [1.29, 1.82) is 0 Å². The number of carbonyl (C=O) groups is 1. The molecular weight excluding hydrogens is 953 g/mol. The molecule has 1 radical (unpaired) electrons. The average molecular weight is 1020 g/mol. The maximum absolute atomic E-state index is 12.2. The average Bonchev–Trinajstić information content (AvgIpc) is 3.93. The number of aryl methyl sites for hydroxylation is 4. The summed E-state index contributed by atoms with van der Waals surface area (Å²) in [6.07, 6.45) is 9.96. The predicted molar refractivity (Wildman–Crippen MR) is 261 cm³/mol. The Balaban J connectivity index is 0.000000314. The van der Waals surface area contributed by atoms with E-state index >= 15 is 0 Å². The third-order valence-electron chi connectivity index (χ3n) is 14.8. The minimum Gasteiger partial charge on any atom is -0.512 e. The topological polar surface area (TPSA) is 76.2 Å². The van der Waals surface area contributed by atoms with Crippen LogP contribution in [0.25, 0.3) is 66.0 Å². The van der Waals surface area contributed by atoms with Crippen LogP contribution in [0, 0.1) is 44.6 Å². The molecule has 1 fully saturated rings. The fourth-order valence-corrected chi connectivity index (χ4v) is 9.80. The Labute approximate surface area is 389 Å². The summed E-state index contributed by atoms with van der Waals surface area (Å²) in [4.78, 5) is 22.7. The fraction of sp³-hybridized carbons (Fsp3) is 0.421. The van der Waals surface area contributed by atoms with Gasteiger partial charge in [0, 0.05) is 59.4 Å². The molecule has 2 aromatic heterocycles. The molecule has 6 heteroatoms. The SMILES string of the molecule is CCC(C)(CC)C(=O)/C=C(\O)C(C)(CC)CC.Cc1cccc(C)c1-c1ccc2c(c1)oc1c(-c3nc(C(C)C)nc4c3ccc3cc(C)c(C5CCCC5)c(C)c34)[c-]ccc12.[Ir]. The van der Waals surface area contributed by atoms with E-state index in [1.54, 1.807) is 0 Å². The number of fused-ring (bicyclic) bond motifs is 6. The van der Waals surface area contributed by atoms with E-state index in [1.165, 1.54) is 81.5 Å². The largest absolute Gasteiger partial charge is 0.512 e. The zero-order valence-electron chi connectivity index (χ0n) is 39.7. The normalized spacial score (nSPS) is 13.9. The Morgan fingerprint density at radius 3 is 2.08 bits per heavy atom. The van der Waals surface area contributed by atoms with Crippen LogP contribution < -0.4 is 0 Å². The molecule has 5 nitrogen and oxygen atoms in total. The summed E-state index contributed by atoms with van der Waals surface area (Å²) in [5.41, 5.74) is 13.2. The van der Waals surface area contributed by atoms with Gasteiger partial charge in [-0.1, -0.05) is 128 Å². The first-order valence-electron chi connectivity index (χ1n) is 23.2. The van der Waals surface area contributed by atoms with Gasteiger partial charge in [0.25, 0.3) is 0 Å². The van der Waals surface area contributed by atoms with Gasteiger partial charge in [0.05, 0.1) is 11.1 Å². The van der Waals surface area contributed by atoms with Crippen LogP contribution in [0.2, 0.25) is 0 Å². The zero-order valence-corrected chi connectivity index (χ0v) is 42.1. The Hall–Kier alpha value is -4.64. The molecule has 1 aliphatic rings. The minimum absolute atomic E-state index is 0. The van der Waals surface area contributed by atoms with E-state index in [9.17, 15) is 9.90 Å². The molecular formula is C57H67IrN2O3-. The summed E-state index contributed by atoms with van der Waals surface area (Å²) in [5, 5.41) is 15.9. The van der Waals surface area contributed by atoms with E-state index in [-0.39, 0.29) is 48.4 Å². The van der Waals surface area contributed by atoms with Crippen molar-refractivity contribution in [3.63, 3.8) is 0 Å². The molecule has 0 aliphatic heterocycles. The van der Waals surface area contributed by atoms with Gasteiger partial charge in [-0.15, -0.1) is 18.2 Å². The van der Waals surface area contributed by atoms with Crippen molar-refractivity contribution in [3.8, 4) is 22.4 Å². The van der Waals surface area contributed by atoms with Gasteiger partial charge in [0.1, 0.15) is 17.2 Å². The van der Waals surface area contributed by atoms with Gasteiger partial charge in [-0.05, 0) is 128 Å². The van der Waals surface area contributed by atoms with E-state index in [4.69, 9.17) is 14.4 Å². The zero-order chi connectivity index (χ0) is 44.7. The van der Waals surface area contributed by atoms with Crippen molar-refractivity contribution in [2.45, 2.75) is 146 Å². The molecule has 333 valence electrons. The van der Waals surface area contributed by atoms with Crippen LogP contribution in [0.15, 0.2) is 83.0 Å². The van der Waals surface area contributed by atoms with Gasteiger partial charge in [0.15, 0.2) is 5.78 Å². The molecule has 7 aromatic rings. The van der Waals surface area contributed by atoms with Gasteiger partial charge >= 0.3 is 0 Å². The summed E-state index contributed by atoms with van der Waals surface area (Å²) in [6, 6.07) is 27.6. The first kappa shape index (κ1) is 47.8. The fourth-order valence-electron chi connectivity index (χ4n) is 9.80. The van der Waals surface area contributed by atoms with Crippen LogP contribution in [0.3, 0.4) is 0 Å². The van der Waals surface area contributed by atoms with Gasteiger partial charge in [0.2, 0.25) is 0 Å². The quantitative estimate of drug-likeness (QED) is 0.0605. The van der Waals surface area contributed by atoms with E-state index in [0.29, 0.717) is 5.92 Å². The summed E-state index contributed by atoms with van der Waals surface area (Å²) in [6.45, 7) is 25.4. The molecule has 0 spiro atoms. The smallest absolute Gasteiger partial charge is 0.164 e. The Morgan fingerprint density at radius 2 is 1.46 bits per heavy atom. The van der Waals surface area contributed by atoms with E-state index in [2.05, 4.69) is 108 Å². The van der Waals surface area contributed by atoms with Crippen LogP contribution in [-0.4, -0.2) is 20.9 Å². The van der Waals surface area contributed by atoms with Crippen LogP contribution in [0.4, 0.5) is 0 Å². The number of benzene rings is 5. The molecule has 0 unspecified atom stereocenters. The molecule has 63 heavy (non-hydrogen) atoms. The Bertz CT molecular complexity index is 2810. The van der Waals surface area contributed by atoms with Gasteiger partial charge in [-0.25, -0.2) is 4.98 Å². The number of aromatic nitrogens is 2. The summed E-state index contributed by atoms with van der Waals surface area (Å²) in [7, 11) is 0. The maximum atomic E-state index is 12.2. The number of nitrogens with zero attached hydrogens (tertiary/aromatic N) is 2. The van der Waals surface area contributed by atoms with Crippen molar-refractivity contribution >= 4 is 49.4 Å². The first-order chi connectivity index (χ1) is 29.6. The summed E-state index contributed by atoms with van der Waals surface area (Å²) >= 11 is 0. The molecule has 0 saturated heterocycles. The standard InChI is InChI=1S/C42H39N2O.C15H28O2.Ir/c1-23(2)42-43-39(33-20-18-29-21-26(5)37(28-13-7-8-14-28)27(6)38(29)40(33)44-42)34-16-10-15-32-31-19-17-30(22-35(31)45-41(32)34)36-24(3)11-9-12-25(36)4;1-7-14(5,8-2)12(16)11-13(17)15(6,9-3)10-4;/h9-12,15,17-23,28H,7-8,13-14H2,1-6H3;11,16H,7-10H2,1-6H3;/q-1;;/b;12-11-;. The number of furan rings is 1. The van der Waals surface area contributed by atoms with Gasteiger partial charge < -0.3 is 9.52 Å². The molecule has 0 amide bonds. The number of hydrogen-bond acceptors (Lipinski definition) is 5. The van der Waals surface area contributed by atoms with Gasteiger partial charge in [-0.3, -0.25) is 9.78 Å². The van der Waals surface area contributed by atoms with Crippen LogP contribution in [-0.2, 0) is 24.9 Å². The second-order valence-corrected chi connectivity index (χ2v) is 19.0. The van der Waals surface area contributed by atoms with Crippen LogP contribution in [0.5, 0.6) is 0 Å². The third kappa shape index (κ3) is 8.92. The van der Waals surface area contributed by atoms with Crippen molar-refractivity contribution in [2.75, 3.05) is 0 Å². The number of carbonyl (C=O) groups excluding carboxylic acids is 1. The number of hydrogen-bond donors (Lipinski definition) is 1. The number of rotatable bonds is 11. The van der Waals surface area contributed by atoms with Crippen molar-refractivity contribution in [3.05, 3.63) is 118 Å². The van der Waals surface area contributed by atoms with Gasteiger partial charge in [-0.2, -0.15) is 0 Å². The maximum Gasteiger partial charge on any atom is 0.164 e. The molecule has 0 bridgehead atoms. The van der Waals surface area contributed by atoms with E-state index < -0.39 is 0 Å². The molecule has 1 saturated carbocycles.